The summed E-state index contributed by atoms with van der Waals surface area (Å²) in [5.41, 5.74) is 0.663. The molecule has 1 saturated carbocycles. The van der Waals surface area contributed by atoms with E-state index >= 15 is 0 Å². The van der Waals surface area contributed by atoms with Crippen LogP contribution in [0.15, 0.2) is 12.2 Å². The maximum atomic E-state index is 11.1. The zero-order chi connectivity index (χ0) is 9.26. The van der Waals surface area contributed by atoms with Gasteiger partial charge in [-0.25, -0.2) is 4.79 Å². The lowest BCUT2D eigenvalue weighted by Gasteiger charge is -2.25. The van der Waals surface area contributed by atoms with Gasteiger partial charge in [-0.1, -0.05) is 25.8 Å². The molecule has 1 aliphatic heterocycles. The van der Waals surface area contributed by atoms with E-state index in [1.807, 2.05) is 0 Å². The van der Waals surface area contributed by atoms with E-state index in [0.29, 0.717) is 11.5 Å². The first-order valence-electron chi connectivity index (χ1n) is 5.16. The molecule has 0 radical (unpaired) electrons. The minimum absolute atomic E-state index is 0.153. The Balaban J connectivity index is 1.94. The number of carbonyl (C=O) groups is 1. The van der Waals surface area contributed by atoms with Crippen molar-refractivity contribution < 1.29 is 9.53 Å². The average Bonchev–Trinajstić information content (AvgIpc) is 2.49. The van der Waals surface area contributed by atoms with E-state index in [-0.39, 0.29) is 12.1 Å². The molecule has 1 heterocycles. The molecule has 2 nitrogen and oxygen atoms in total. The molecule has 0 aromatic rings. The predicted molar refractivity (Wildman–Crippen MR) is 50.2 cm³/mol. The van der Waals surface area contributed by atoms with Gasteiger partial charge in [0.05, 0.1) is 0 Å². The molecule has 0 amide bonds. The van der Waals surface area contributed by atoms with E-state index < -0.39 is 0 Å². The highest BCUT2D eigenvalue weighted by atomic mass is 16.5. The summed E-state index contributed by atoms with van der Waals surface area (Å²) in [6, 6.07) is 0. The molecule has 2 aliphatic rings. The van der Waals surface area contributed by atoms with Crippen molar-refractivity contribution >= 4 is 5.97 Å². The van der Waals surface area contributed by atoms with E-state index in [1.54, 1.807) is 0 Å². The average molecular weight is 180 g/mol. The molecule has 0 N–H and O–H groups in total. The van der Waals surface area contributed by atoms with Gasteiger partial charge in [0, 0.05) is 12.0 Å². The maximum absolute atomic E-state index is 11.1. The topological polar surface area (TPSA) is 26.3 Å². The summed E-state index contributed by atoms with van der Waals surface area (Å²) < 4.78 is 5.27. The molecule has 13 heavy (non-hydrogen) atoms. The molecule has 1 aliphatic carbocycles. The first-order chi connectivity index (χ1) is 6.27. The summed E-state index contributed by atoms with van der Waals surface area (Å²) in [5.74, 6) is 0.438. The van der Waals surface area contributed by atoms with Gasteiger partial charge in [0.2, 0.25) is 0 Å². The third-order valence-corrected chi connectivity index (χ3v) is 3.17. The minimum atomic E-state index is -0.171. The second-order valence-electron chi connectivity index (χ2n) is 4.15. The summed E-state index contributed by atoms with van der Waals surface area (Å²) in [7, 11) is 0. The zero-order valence-corrected chi connectivity index (χ0v) is 7.92. The van der Waals surface area contributed by atoms with Crippen LogP contribution in [-0.2, 0) is 9.53 Å². The highest BCUT2D eigenvalue weighted by molar-refractivity contribution is 5.89. The number of hydrogen-bond acceptors (Lipinski definition) is 2. The largest absolute Gasteiger partial charge is 0.458 e. The first-order valence-corrected chi connectivity index (χ1v) is 5.16. The second-order valence-corrected chi connectivity index (χ2v) is 4.15. The summed E-state index contributed by atoms with van der Waals surface area (Å²) in [4.78, 5) is 11.1. The number of carbonyl (C=O) groups excluding carboxylic acids is 1. The molecular formula is C11H16O2. The van der Waals surface area contributed by atoms with Crippen LogP contribution in [0.3, 0.4) is 0 Å². The molecule has 2 heteroatoms. The van der Waals surface area contributed by atoms with Crippen molar-refractivity contribution in [3.63, 3.8) is 0 Å². The van der Waals surface area contributed by atoms with Crippen LogP contribution in [0, 0.1) is 5.92 Å². The Hall–Kier alpha value is -0.790. The monoisotopic (exact) mass is 180 g/mol. The Morgan fingerprint density at radius 3 is 2.46 bits per heavy atom. The van der Waals surface area contributed by atoms with Gasteiger partial charge in [-0.05, 0) is 18.8 Å². The van der Waals surface area contributed by atoms with Crippen LogP contribution in [0.5, 0.6) is 0 Å². The van der Waals surface area contributed by atoms with Crippen molar-refractivity contribution in [2.24, 2.45) is 5.92 Å². The van der Waals surface area contributed by atoms with Gasteiger partial charge in [0.25, 0.3) is 0 Å². The third-order valence-electron chi connectivity index (χ3n) is 3.17. The van der Waals surface area contributed by atoms with Crippen LogP contribution in [0.1, 0.15) is 38.5 Å². The zero-order valence-electron chi connectivity index (χ0n) is 7.92. The van der Waals surface area contributed by atoms with Gasteiger partial charge in [0.1, 0.15) is 6.10 Å². The van der Waals surface area contributed by atoms with Gasteiger partial charge in [0.15, 0.2) is 0 Å². The highest BCUT2D eigenvalue weighted by Crippen LogP contribution is 2.34. The smallest absolute Gasteiger partial charge is 0.333 e. The van der Waals surface area contributed by atoms with Crippen molar-refractivity contribution in [2.45, 2.75) is 44.6 Å². The Morgan fingerprint density at radius 2 is 1.92 bits per heavy atom. The molecule has 1 atom stereocenters. The fourth-order valence-electron chi connectivity index (χ4n) is 2.36. The van der Waals surface area contributed by atoms with Crippen molar-refractivity contribution in [2.75, 3.05) is 0 Å². The first kappa shape index (κ1) is 8.79. The molecule has 1 saturated heterocycles. The van der Waals surface area contributed by atoms with Crippen LogP contribution in [0.2, 0.25) is 0 Å². The van der Waals surface area contributed by atoms with Crippen LogP contribution >= 0.6 is 0 Å². The molecule has 2 fully saturated rings. The molecule has 72 valence electrons. The summed E-state index contributed by atoms with van der Waals surface area (Å²) in [6.07, 6.45) is 7.31. The molecule has 0 spiro atoms. The van der Waals surface area contributed by atoms with Crippen LogP contribution in [0.4, 0.5) is 0 Å². The molecule has 0 aromatic carbocycles. The van der Waals surface area contributed by atoms with Crippen LogP contribution < -0.4 is 0 Å². The van der Waals surface area contributed by atoms with E-state index in [2.05, 4.69) is 6.58 Å². The molecule has 2 rings (SSSR count). The summed E-state index contributed by atoms with van der Waals surface area (Å²) in [5, 5.41) is 0. The van der Waals surface area contributed by atoms with E-state index in [9.17, 15) is 4.79 Å². The number of hydrogen-bond donors (Lipinski definition) is 0. The lowest BCUT2D eigenvalue weighted by atomic mass is 9.84. The predicted octanol–water partition coefficient (Wildman–Crippen LogP) is 2.44. The maximum Gasteiger partial charge on any atom is 0.333 e. The van der Waals surface area contributed by atoms with Gasteiger partial charge < -0.3 is 4.74 Å². The molecule has 0 aromatic heterocycles. The standard InChI is InChI=1S/C11H16O2/c1-8-7-10(13-11(8)12)9-5-3-2-4-6-9/h9-10H,1-7H2/t10-/m1/s1. The summed E-state index contributed by atoms with van der Waals surface area (Å²) in [6.45, 7) is 3.71. The molecule has 0 unspecified atom stereocenters. The Labute approximate surface area is 79.0 Å². The Kier molecular flexibility index (Phi) is 2.38. The van der Waals surface area contributed by atoms with Gasteiger partial charge in [-0.15, -0.1) is 0 Å². The normalized spacial score (nSPS) is 30.6. The fourth-order valence-corrected chi connectivity index (χ4v) is 2.36. The quantitative estimate of drug-likeness (QED) is 0.457. The number of esters is 1. The van der Waals surface area contributed by atoms with Crippen molar-refractivity contribution in [3.8, 4) is 0 Å². The fraction of sp³-hybridized carbons (Fsp3) is 0.727. The van der Waals surface area contributed by atoms with Gasteiger partial charge in [-0.3, -0.25) is 0 Å². The minimum Gasteiger partial charge on any atom is -0.458 e. The number of cyclic esters (lactones) is 1. The number of rotatable bonds is 1. The van der Waals surface area contributed by atoms with Crippen molar-refractivity contribution in [3.05, 3.63) is 12.2 Å². The van der Waals surface area contributed by atoms with E-state index in [4.69, 9.17) is 4.74 Å². The second kappa shape index (κ2) is 3.52. The Bertz CT molecular complexity index is 210. The third kappa shape index (κ3) is 1.77. The van der Waals surface area contributed by atoms with Crippen LogP contribution in [-0.4, -0.2) is 12.1 Å². The van der Waals surface area contributed by atoms with Crippen molar-refractivity contribution in [1.29, 1.82) is 0 Å². The van der Waals surface area contributed by atoms with Crippen LogP contribution in [0.25, 0.3) is 0 Å². The van der Waals surface area contributed by atoms with Crippen molar-refractivity contribution in [1.82, 2.24) is 0 Å². The number of ether oxygens (including phenoxy) is 1. The summed E-state index contributed by atoms with van der Waals surface area (Å²) >= 11 is 0. The Morgan fingerprint density at radius 1 is 1.23 bits per heavy atom. The highest BCUT2D eigenvalue weighted by Gasteiger charge is 2.33. The van der Waals surface area contributed by atoms with E-state index in [1.165, 1.54) is 32.1 Å². The lowest BCUT2D eigenvalue weighted by Crippen LogP contribution is -2.22. The molecule has 0 bridgehead atoms. The van der Waals surface area contributed by atoms with Gasteiger partial charge >= 0.3 is 5.97 Å². The van der Waals surface area contributed by atoms with E-state index in [0.717, 1.165) is 6.42 Å². The lowest BCUT2D eigenvalue weighted by molar-refractivity contribution is -0.141. The van der Waals surface area contributed by atoms with Gasteiger partial charge in [-0.2, -0.15) is 0 Å². The molecular weight excluding hydrogens is 164 g/mol. The SMILES string of the molecule is C=C1C[C@H](C2CCCCC2)OC1=O.